The van der Waals surface area contributed by atoms with Crippen LogP contribution in [0.3, 0.4) is 0 Å². The maximum Gasteiger partial charge on any atom is 0.251 e. The van der Waals surface area contributed by atoms with Crippen molar-refractivity contribution in [1.29, 1.82) is 0 Å². The molecule has 5 nitrogen and oxygen atoms in total. The summed E-state index contributed by atoms with van der Waals surface area (Å²) in [6.07, 6.45) is 3.66. The second kappa shape index (κ2) is 6.79. The number of fused-ring (bicyclic) bond motifs is 1. The zero-order valence-electron chi connectivity index (χ0n) is 12.3. The number of nitrogens with zero attached hydrogens (tertiary/aromatic N) is 1. The number of hydrogen-bond donors (Lipinski definition) is 2. The number of anilines is 1. The first-order chi connectivity index (χ1) is 10.7. The van der Waals surface area contributed by atoms with Crippen LogP contribution >= 0.6 is 11.3 Å². The second-order valence-electron chi connectivity index (χ2n) is 5.31. The van der Waals surface area contributed by atoms with Crippen LogP contribution in [-0.2, 0) is 12.8 Å². The van der Waals surface area contributed by atoms with Gasteiger partial charge in [0.05, 0.1) is 12.3 Å². The lowest BCUT2D eigenvalue weighted by atomic mass is 10.0. The summed E-state index contributed by atoms with van der Waals surface area (Å²) in [6, 6.07) is 5.65. The Balaban J connectivity index is 1.49. The number of nitrogens with one attached hydrogen (secondary N) is 1. The fourth-order valence-electron chi connectivity index (χ4n) is 2.51. The normalized spacial score (nSPS) is 13.3. The minimum absolute atomic E-state index is 0.0360. The average molecular weight is 317 g/mol. The maximum atomic E-state index is 12.2. The highest BCUT2D eigenvalue weighted by atomic mass is 32.1. The van der Waals surface area contributed by atoms with Crippen molar-refractivity contribution < 1.29 is 9.53 Å². The molecule has 1 amide bonds. The van der Waals surface area contributed by atoms with Crippen molar-refractivity contribution in [1.82, 2.24) is 10.3 Å². The van der Waals surface area contributed by atoms with E-state index in [0.29, 0.717) is 17.2 Å². The number of nitrogen functional groups attached to an aromatic ring is 1. The predicted molar refractivity (Wildman–Crippen MR) is 87.4 cm³/mol. The summed E-state index contributed by atoms with van der Waals surface area (Å²) < 4.78 is 5.56. The number of thiazole rings is 1. The highest BCUT2D eigenvalue weighted by molar-refractivity contribution is 7.13. The number of ether oxygens (including phenoxy) is 1. The van der Waals surface area contributed by atoms with E-state index in [4.69, 9.17) is 10.5 Å². The summed E-state index contributed by atoms with van der Waals surface area (Å²) in [4.78, 5) is 16.4. The summed E-state index contributed by atoms with van der Waals surface area (Å²) in [5.74, 6) is 0.870. The number of benzene rings is 1. The molecule has 0 fully saturated rings. The van der Waals surface area contributed by atoms with Gasteiger partial charge in [0, 0.05) is 17.5 Å². The summed E-state index contributed by atoms with van der Waals surface area (Å²) in [5, 5.41) is 5.50. The topological polar surface area (TPSA) is 77.2 Å². The van der Waals surface area contributed by atoms with Gasteiger partial charge >= 0.3 is 0 Å². The molecule has 1 aromatic carbocycles. The smallest absolute Gasteiger partial charge is 0.251 e. The van der Waals surface area contributed by atoms with Crippen LogP contribution in [0.25, 0.3) is 0 Å². The van der Waals surface area contributed by atoms with E-state index in [1.54, 1.807) is 0 Å². The van der Waals surface area contributed by atoms with Crippen LogP contribution in [0.2, 0.25) is 0 Å². The lowest BCUT2D eigenvalue weighted by Crippen LogP contribution is -2.25. The van der Waals surface area contributed by atoms with Gasteiger partial charge in [-0.15, -0.1) is 11.3 Å². The Hall–Kier alpha value is -2.08. The first-order valence-electron chi connectivity index (χ1n) is 7.46. The minimum Gasteiger partial charge on any atom is -0.493 e. The van der Waals surface area contributed by atoms with Crippen molar-refractivity contribution in [2.24, 2.45) is 0 Å². The Morgan fingerprint density at radius 3 is 3.18 bits per heavy atom. The molecule has 1 aliphatic heterocycles. The van der Waals surface area contributed by atoms with Crippen molar-refractivity contribution in [3.8, 4) is 5.75 Å². The molecule has 3 N–H and O–H groups in total. The van der Waals surface area contributed by atoms with E-state index in [1.807, 2.05) is 23.6 Å². The Morgan fingerprint density at radius 1 is 1.45 bits per heavy atom. The molecule has 0 aliphatic carbocycles. The number of aryl methyl sites for hydroxylation is 2. The van der Waals surface area contributed by atoms with Crippen LogP contribution < -0.4 is 15.8 Å². The number of hydrogen-bond acceptors (Lipinski definition) is 5. The summed E-state index contributed by atoms with van der Waals surface area (Å²) in [6.45, 7) is 1.39. The average Bonchev–Trinajstić information content (AvgIpc) is 2.96. The molecule has 116 valence electrons. The molecule has 0 saturated carbocycles. The fourth-order valence-corrected chi connectivity index (χ4v) is 3.11. The molecule has 0 spiro atoms. The van der Waals surface area contributed by atoms with Crippen molar-refractivity contribution >= 4 is 22.4 Å². The highest BCUT2D eigenvalue weighted by Crippen LogP contribution is 2.25. The number of rotatable bonds is 5. The van der Waals surface area contributed by atoms with Gasteiger partial charge in [-0.05, 0) is 49.4 Å². The van der Waals surface area contributed by atoms with E-state index < -0.39 is 0 Å². The number of carbonyl (C=O) groups is 1. The lowest BCUT2D eigenvalue weighted by Gasteiger charge is -2.17. The summed E-state index contributed by atoms with van der Waals surface area (Å²) >= 11 is 1.45. The number of carbonyl (C=O) groups excluding carboxylic acids is 1. The Kier molecular flexibility index (Phi) is 4.58. The first kappa shape index (κ1) is 14.8. The monoisotopic (exact) mass is 317 g/mol. The van der Waals surface area contributed by atoms with Crippen LogP contribution in [-0.4, -0.2) is 24.0 Å². The van der Waals surface area contributed by atoms with Gasteiger partial charge in [0.2, 0.25) is 0 Å². The minimum atomic E-state index is -0.0360. The summed E-state index contributed by atoms with van der Waals surface area (Å²) in [5.41, 5.74) is 8.40. The van der Waals surface area contributed by atoms with Crippen LogP contribution in [0.1, 0.15) is 34.5 Å². The van der Waals surface area contributed by atoms with Gasteiger partial charge in [-0.3, -0.25) is 4.79 Å². The molecule has 1 aromatic heterocycles. The Bertz CT molecular complexity index is 669. The molecule has 0 radical (unpaired) electrons. The second-order valence-corrected chi connectivity index (χ2v) is 6.20. The fraction of sp³-hybridized carbons (Fsp3) is 0.375. The van der Waals surface area contributed by atoms with Gasteiger partial charge in [-0.2, -0.15) is 0 Å². The van der Waals surface area contributed by atoms with E-state index >= 15 is 0 Å². The number of nitrogens with two attached hydrogens (primary N) is 1. The van der Waals surface area contributed by atoms with E-state index in [-0.39, 0.29) is 5.91 Å². The zero-order chi connectivity index (χ0) is 15.4. The van der Waals surface area contributed by atoms with Gasteiger partial charge in [-0.1, -0.05) is 0 Å². The van der Waals surface area contributed by atoms with Crippen LogP contribution in [0.5, 0.6) is 5.75 Å². The first-order valence-corrected chi connectivity index (χ1v) is 8.34. The number of aromatic nitrogens is 1. The Labute approximate surface area is 133 Å². The third-order valence-electron chi connectivity index (χ3n) is 3.64. The third-order valence-corrected chi connectivity index (χ3v) is 4.36. The van der Waals surface area contributed by atoms with Crippen molar-refractivity contribution in [2.75, 3.05) is 18.9 Å². The molecule has 1 aliphatic rings. The van der Waals surface area contributed by atoms with Gasteiger partial charge in [0.25, 0.3) is 5.91 Å². The molecule has 6 heteroatoms. The standard InChI is InChI=1S/C16H19N3O2S/c17-16-19-13(10-22-16)4-1-7-18-15(20)12-5-6-14-11(9-12)3-2-8-21-14/h5-6,9-10H,1-4,7-8H2,(H2,17,19)(H,18,20). The molecule has 2 aromatic rings. The molecule has 0 unspecified atom stereocenters. The van der Waals surface area contributed by atoms with Gasteiger partial charge < -0.3 is 15.8 Å². The molecule has 22 heavy (non-hydrogen) atoms. The number of amides is 1. The molecule has 0 saturated heterocycles. The summed E-state index contributed by atoms with van der Waals surface area (Å²) in [7, 11) is 0. The lowest BCUT2D eigenvalue weighted by molar-refractivity contribution is 0.0953. The molecular formula is C16H19N3O2S. The van der Waals surface area contributed by atoms with E-state index in [0.717, 1.165) is 49.3 Å². The molecule has 2 heterocycles. The van der Waals surface area contributed by atoms with Crippen LogP contribution in [0.15, 0.2) is 23.6 Å². The van der Waals surface area contributed by atoms with Gasteiger partial charge in [-0.25, -0.2) is 4.98 Å². The quantitative estimate of drug-likeness (QED) is 0.830. The largest absolute Gasteiger partial charge is 0.493 e. The predicted octanol–water partition coefficient (Wildman–Crippen LogP) is 2.41. The van der Waals surface area contributed by atoms with Crippen molar-refractivity contribution in [2.45, 2.75) is 25.7 Å². The zero-order valence-corrected chi connectivity index (χ0v) is 13.1. The van der Waals surface area contributed by atoms with Crippen molar-refractivity contribution in [3.63, 3.8) is 0 Å². The molecular weight excluding hydrogens is 298 g/mol. The van der Waals surface area contributed by atoms with E-state index in [9.17, 15) is 4.79 Å². The van der Waals surface area contributed by atoms with Gasteiger partial charge in [0.15, 0.2) is 5.13 Å². The highest BCUT2D eigenvalue weighted by Gasteiger charge is 2.13. The third kappa shape index (κ3) is 3.57. The molecule has 0 atom stereocenters. The van der Waals surface area contributed by atoms with Gasteiger partial charge in [0.1, 0.15) is 5.75 Å². The SMILES string of the molecule is Nc1nc(CCCNC(=O)c2ccc3c(c2)CCCO3)cs1. The van der Waals surface area contributed by atoms with Crippen LogP contribution in [0, 0.1) is 0 Å². The maximum absolute atomic E-state index is 12.2. The van der Waals surface area contributed by atoms with Crippen LogP contribution in [0.4, 0.5) is 5.13 Å². The molecule has 3 rings (SSSR count). The molecule has 0 bridgehead atoms. The van der Waals surface area contributed by atoms with Crippen molar-refractivity contribution in [3.05, 3.63) is 40.4 Å². The van der Waals surface area contributed by atoms with E-state index in [1.165, 1.54) is 11.3 Å². The Morgan fingerprint density at radius 2 is 2.36 bits per heavy atom. The van der Waals surface area contributed by atoms with E-state index in [2.05, 4.69) is 10.3 Å².